The predicted molar refractivity (Wildman–Crippen MR) is 72.7 cm³/mol. The van der Waals surface area contributed by atoms with Crippen molar-refractivity contribution in [2.45, 2.75) is 44.8 Å². The van der Waals surface area contributed by atoms with E-state index in [4.69, 9.17) is 9.26 Å². The Morgan fingerprint density at radius 1 is 1.52 bits per heavy atom. The minimum absolute atomic E-state index is 0.124. The number of carbonyl (C=O) groups excluding carboxylic acids is 2. The number of aromatic nitrogens is 1. The quantitative estimate of drug-likeness (QED) is 0.834. The van der Waals surface area contributed by atoms with Gasteiger partial charge in [0.05, 0.1) is 13.2 Å². The van der Waals surface area contributed by atoms with Crippen LogP contribution in [0.15, 0.2) is 10.6 Å². The zero-order valence-corrected chi connectivity index (χ0v) is 12.4. The van der Waals surface area contributed by atoms with Gasteiger partial charge in [-0.1, -0.05) is 19.0 Å². The number of amides is 1. The molecule has 1 aliphatic rings. The molecule has 7 nitrogen and oxygen atoms in total. The maximum atomic E-state index is 12.5. The van der Waals surface area contributed by atoms with Crippen molar-refractivity contribution in [2.75, 3.05) is 13.7 Å². The molecule has 1 N–H and O–H groups in total. The summed E-state index contributed by atoms with van der Waals surface area (Å²) in [6.45, 7) is 4.15. The molecular weight excluding hydrogens is 276 g/mol. The summed E-state index contributed by atoms with van der Waals surface area (Å²) in [5.41, 5.74) is 0.170. The van der Waals surface area contributed by atoms with Gasteiger partial charge in [0.1, 0.15) is 11.8 Å². The molecule has 7 heteroatoms. The van der Waals surface area contributed by atoms with E-state index in [0.29, 0.717) is 12.2 Å². The first kappa shape index (κ1) is 15.5. The van der Waals surface area contributed by atoms with Crippen LogP contribution in [0.2, 0.25) is 0 Å². The number of piperidine rings is 1. The Kier molecular flexibility index (Phi) is 4.62. The molecular formula is C14H20N2O5. The van der Waals surface area contributed by atoms with Crippen LogP contribution in [0.3, 0.4) is 0 Å². The van der Waals surface area contributed by atoms with E-state index in [-0.39, 0.29) is 30.5 Å². The number of aliphatic hydroxyl groups excluding tert-OH is 1. The highest BCUT2D eigenvalue weighted by Gasteiger charge is 2.37. The van der Waals surface area contributed by atoms with Gasteiger partial charge in [-0.25, -0.2) is 4.79 Å². The van der Waals surface area contributed by atoms with E-state index < -0.39 is 18.1 Å². The van der Waals surface area contributed by atoms with Crippen LogP contribution in [-0.4, -0.2) is 52.8 Å². The summed E-state index contributed by atoms with van der Waals surface area (Å²) >= 11 is 0. The largest absolute Gasteiger partial charge is 0.467 e. The van der Waals surface area contributed by atoms with Gasteiger partial charge in [0.25, 0.3) is 5.91 Å². The van der Waals surface area contributed by atoms with E-state index >= 15 is 0 Å². The van der Waals surface area contributed by atoms with Gasteiger partial charge in [-0.3, -0.25) is 4.79 Å². The SMILES string of the molecule is COC(=O)[C@@H]1C[C@H](O)CCN1C(=O)c1cc(C(C)C)on1. The summed E-state index contributed by atoms with van der Waals surface area (Å²) < 4.78 is 9.83. The first-order valence-electron chi connectivity index (χ1n) is 6.97. The Morgan fingerprint density at radius 2 is 2.24 bits per heavy atom. The van der Waals surface area contributed by atoms with Crippen LogP contribution in [-0.2, 0) is 9.53 Å². The molecule has 116 valence electrons. The van der Waals surface area contributed by atoms with E-state index in [1.807, 2.05) is 13.8 Å². The van der Waals surface area contributed by atoms with E-state index in [0.717, 1.165) is 0 Å². The second-order valence-corrected chi connectivity index (χ2v) is 5.48. The minimum atomic E-state index is -0.787. The maximum absolute atomic E-state index is 12.5. The summed E-state index contributed by atoms with van der Waals surface area (Å²) in [7, 11) is 1.26. The number of ether oxygens (including phenoxy) is 1. The van der Waals surface area contributed by atoms with E-state index in [1.54, 1.807) is 6.07 Å². The highest BCUT2D eigenvalue weighted by atomic mass is 16.5. The fraction of sp³-hybridized carbons (Fsp3) is 0.643. The Balaban J connectivity index is 2.20. The van der Waals surface area contributed by atoms with Crippen LogP contribution >= 0.6 is 0 Å². The Morgan fingerprint density at radius 3 is 2.81 bits per heavy atom. The normalized spacial score (nSPS) is 22.4. The zero-order chi connectivity index (χ0) is 15.6. The second kappa shape index (κ2) is 6.26. The summed E-state index contributed by atoms with van der Waals surface area (Å²) in [5, 5.41) is 13.5. The number of hydrogen-bond acceptors (Lipinski definition) is 6. The van der Waals surface area contributed by atoms with Crippen LogP contribution in [0.1, 0.15) is 48.9 Å². The van der Waals surface area contributed by atoms with Crippen molar-refractivity contribution in [1.29, 1.82) is 0 Å². The minimum Gasteiger partial charge on any atom is -0.467 e. The van der Waals surface area contributed by atoms with Gasteiger partial charge in [-0.15, -0.1) is 0 Å². The van der Waals surface area contributed by atoms with E-state index in [1.165, 1.54) is 12.0 Å². The molecule has 0 radical (unpaired) electrons. The van der Waals surface area contributed by atoms with Crippen LogP contribution < -0.4 is 0 Å². The predicted octanol–water partition coefficient (Wildman–Crippen LogP) is 0.936. The fourth-order valence-electron chi connectivity index (χ4n) is 2.36. The number of esters is 1. The molecule has 1 aromatic rings. The van der Waals surface area contributed by atoms with Gasteiger partial charge in [0, 0.05) is 24.9 Å². The first-order chi connectivity index (χ1) is 9.93. The summed E-state index contributed by atoms with van der Waals surface area (Å²) in [6, 6.07) is 0.803. The summed E-state index contributed by atoms with van der Waals surface area (Å²) in [6.07, 6.45) is -0.0109. The van der Waals surface area contributed by atoms with Gasteiger partial charge in [-0.05, 0) is 6.42 Å². The molecule has 0 aromatic carbocycles. The van der Waals surface area contributed by atoms with Gasteiger partial charge in [0.15, 0.2) is 5.69 Å². The molecule has 0 spiro atoms. The molecule has 2 heterocycles. The van der Waals surface area contributed by atoms with Gasteiger partial charge >= 0.3 is 5.97 Å². The molecule has 1 saturated heterocycles. The molecule has 2 atom stereocenters. The standard InChI is InChI=1S/C14H20N2O5/c1-8(2)12-7-10(15-21-12)13(18)16-5-4-9(17)6-11(16)14(19)20-3/h7-9,11,17H,4-6H2,1-3H3/t9-,11+/m1/s1. The number of hydrogen-bond donors (Lipinski definition) is 1. The number of aliphatic hydroxyl groups is 1. The van der Waals surface area contributed by atoms with Crippen molar-refractivity contribution in [1.82, 2.24) is 10.1 Å². The lowest BCUT2D eigenvalue weighted by molar-refractivity contribution is -0.148. The Hall–Kier alpha value is -1.89. The van der Waals surface area contributed by atoms with Gasteiger partial charge < -0.3 is 19.3 Å². The van der Waals surface area contributed by atoms with Crippen molar-refractivity contribution in [2.24, 2.45) is 0 Å². The smallest absolute Gasteiger partial charge is 0.328 e. The molecule has 1 aliphatic heterocycles. The zero-order valence-electron chi connectivity index (χ0n) is 12.4. The third kappa shape index (κ3) is 3.24. The number of carbonyl (C=O) groups is 2. The fourth-order valence-corrected chi connectivity index (χ4v) is 2.36. The van der Waals surface area contributed by atoms with Crippen molar-refractivity contribution in [3.05, 3.63) is 17.5 Å². The first-order valence-corrected chi connectivity index (χ1v) is 6.97. The third-order valence-corrected chi connectivity index (χ3v) is 3.63. The molecule has 1 aromatic heterocycles. The lowest BCUT2D eigenvalue weighted by Crippen LogP contribution is -2.51. The third-order valence-electron chi connectivity index (χ3n) is 3.63. The van der Waals surface area contributed by atoms with E-state index in [9.17, 15) is 14.7 Å². The van der Waals surface area contributed by atoms with E-state index in [2.05, 4.69) is 5.16 Å². The number of nitrogens with zero attached hydrogens (tertiary/aromatic N) is 2. The molecule has 1 amide bonds. The monoisotopic (exact) mass is 296 g/mol. The van der Waals surface area contributed by atoms with Crippen molar-refractivity contribution >= 4 is 11.9 Å². The van der Waals surface area contributed by atoms with Crippen molar-refractivity contribution in [3.8, 4) is 0 Å². The topological polar surface area (TPSA) is 92.9 Å². The maximum Gasteiger partial charge on any atom is 0.328 e. The van der Waals surface area contributed by atoms with Crippen LogP contribution in [0, 0.1) is 0 Å². The second-order valence-electron chi connectivity index (χ2n) is 5.48. The number of methoxy groups -OCH3 is 1. The average Bonchev–Trinajstić information content (AvgIpc) is 2.95. The molecule has 0 saturated carbocycles. The van der Waals surface area contributed by atoms with Crippen LogP contribution in [0.25, 0.3) is 0 Å². The van der Waals surface area contributed by atoms with Crippen molar-refractivity contribution < 1.29 is 24.0 Å². The lowest BCUT2D eigenvalue weighted by atomic mass is 9.99. The van der Waals surface area contributed by atoms with Crippen LogP contribution in [0.5, 0.6) is 0 Å². The highest BCUT2D eigenvalue weighted by molar-refractivity contribution is 5.95. The van der Waals surface area contributed by atoms with Gasteiger partial charge in [0.2, 0.25) is 0 Å². The molecule has 2 rings (SSSR count). The molecule has 21 heavy (non-hydrogen) atoms. The van der Waals surface area contributed by atoms with Crippen molar-refractivity contribution in [3.63, 3.8) is 0 Å². The number of rotatable bonds is 3. The Bertz CT molecular complexity index is 525. The Labute approximate surface area is 122 Å². The highest BCUT2D eigenvalue weighted by Crippen LogP contribution is 2.22. The number of likely N-dealkylation sites (tertiary alicyclic amines) is 1. The summed E-state index contributed by atoms with van der Waals surface area (Å²) in [4.78, 5) is 25.7. The lowest BCUT2D eigenvalue weighted by Gasteiger charge is -2.35. The molecule has 0 unspecified atom stereocenters. The summed E-state index contributed by atoms with van der Waals surface area (Å²) in [5.74, 6) is -0.175. The van der Waals surface area contributed by atoms with Crippen LogP contribution in [0.4, 0.5) is 0 Å². The average molecular weight is 296 g/mol. The van der Waals surface area contributed by atoms with Gasteiger partial charge in [-0.2, -0.15) is 0 Å². The molecule has 0 aliphatic carbocycles. The molecule has 0 bridgehead atoms. The molecule has 1 fully saturated rings.